The molecule has 0 aromatic heterocycles. The van der Waals surface area contributed by atoms with E-state index in [0.717, 1.165) is 12.2 Å². The van der Waals surface area contributed by atoms with Crippen LogP contribution in [0.1, 0.15) is 14.3 Å². The van der Waals surface area contributed by atoms with Crippen LogP contribution >= 0.6 is 0 Å². The molecule has 19 heavy (non-hydrogen) atoms. The van der Waals surface area contributed by atoms with Crippen LogP contribution in [0.3, 0.4) is 0 Å². The summed E-state index contributed by atoms with van der Waals surface area (Å²) in [5.74, 6) is -5.46. The second-order valence-electron chi connectivity index (χ2n) is 3.58. The van der Waals surface area contributed by atoms with Gasteiger partial charge in [0.2, 0.25) is 4.75 Å². The Morgan fingerprint density at radius 2 is 1.74 bits per heavy atom. The maximum absolute atomic E-state index is 11.3. The Bertz CT molecular complexity index is 476. The summed E-state index contributed by atoms with van der Waals surface area (Å²) in [7, 11) is -5.15. The standard InChI is InChI=1S/C10H14O7S.K.H/c1-3-5-7(8(11)12)10(6-4-2,9(13)14)18(15,16)17;;/h3-4,7H,1-2,5-6H2,(H,11,12)(H,13,14)(H,15,16,17);;/q;+1;-1. The summed E-state index contributed by atoms with van der Waals surface area (Å²) < 4.78 is 28.9. The summed E-state index contributed by atoms with van der Waals surface area (Å²) in [6.45, 7) is 6.42. The Labute approximate surface area is 155 Å². The van der Waals surface area contributed by atoms with Crippen LogP contribution in [0.25, 0.3) is 0 Å². The molecule has 0 aliphatic carbocycles. The van der Waals surface area contributed by atoms with E-state index in [1.165, 1.54) is 0 Å². The van der Waals surface area contributed by atoms with Gasteiger partial charge in [-0.2, -0.15) is 8.42 Å². The summed E-state index contributed by atoms with van der Waals surface area (Å²) in [5, 5.41) is 18.0. The third kappa shape index (κ3) is 4.48. The molecule has 0 rings (SSSR count). The van der Waals surface area contributed by atoms with Gasteiger partial charge in [-0.25, -0.2) is 0 Å². The van der Waals surface area contributed by atoms with Gasteiger partial charge in [0.25, 0.3) is 10.1 Å². The average molecular weight is 318 g/mol. The zero-order valence-corrected chi connectivity index (χ0v) is 14.4. The predicted molar refractivity (Wildman–Crippen MR) is 63.8 cm³/mol. The van der Waals surface area contributed by atoms with Crippen molar-refractivity contribution in [1.29, 1.82) is 0 Å². The Kier molecular flexibility index (Phi) is 9.29. The third-order valence-corrected chi connectivity index (χ3v) is 4.08. The second kappa shape index (κ2) is 8.30. The van der Waals surface area contributed by atoms with Gasteiger partial charge in [-0.1, -0.05) is 12.2 Å². The average Bonchev–Trinajstić information content (AvgIpc) is 2.20. The largest absolute Gasteiger partial charge is 1.00 e. The van der Waals surface area contributed by atoms with Crippen molar-refractivity contribution in [3.05, 3.63) is 25.3 Å². The molecule has 2 atom stereocenters. The van der Waals surface area contributed by atoms with E-state index in [1.807, 2.05) is 0 Å². The minimum atomic E-state index is -5.15. The SMILES string of the molecule is C=CCC(C(=O)O)C(CC=C)(C(=O)O)S(=O)(=O)O.[H-].[K+]. The molecule has 0 saturated carbocycles. The van der Waals surface area contributed by atoms with E-state index in [9.17, 15) is 18.0 Å². The van der Waals surface area contributed by atoms with Crippen molar-refractivity contribution < 1.29 is 85.6 Å². The zero-order chi connectivity index (χ0) is 14.6. The smallest absolute Gasteiger partial charge is 1.00 e. The van der Waals surface area contributed by atoms with Gasteiger partial charge in [0.15, 0.2) is 0 Å². The van der Waals surface area contributed by atoms with Crippen molar-refractivity contribution >= 4 is 22.1 Å². The van der Waals surface area contributed by atoms with E-state index < -0.39 is 45.6 Å². The second-order valence-corrected chi connectivity index (χ2v) is 5.26. The Balaban J connectivity index is -0.00000144. The fourth-order valence-corrected chi connectivity index (χ4v) is 2.75. The van der Waals surface area contributed by atoms with Crippen LogP contribution in [0, 0.1) is 5.92 Å². The van der Waals surface area contributed by atoms with Crippen molar-refractivity contribution in [1.82, 2.24) is 0 Å². The van der Waals surface area contributed by atoms with E-state index in [1.54, 1.807) is 0 Å². The molecule has 2 unspecified atom stereocenters. The Hall–Kier alpha value is -0.0336. The van der Waals surface area contributed by atoms with Gasteiger partial charge < -0.3 is 11.6 Å². The van der Waals surface area contributed by atoms with Gasteiger partial charge in [0, 0.05) is 0 Å². The van der Waals surface area contributed by atoms with Crippen LogP contribution in [-0.2, 0) is 19.7 Å². The number of carboxylic acid groups (broad SMARTS) is 2. The summed E-state index contributed by atoms with van der Waals surface area (Å²) in [6, 6.07) is 0. The molecular weight excluding hydrogens is 303 g/mol. The number of carboxylic acids is 2. The summed E-state index contributed by atoms with van der Waals surface area (Å²) in [4.78, 5) is 22.2. The zero-order valence-electron chi connectivity index (χ0n) is 11.4. The first-order chi connectivity index (χ1) is 8.15. The fourth-order valence-electron chi connectivity index (χ4n) is 1.65. The molecule has 0 bridgehead atoms. The number of carbonyl (C=O) groups is 2. The number of hydrogen-bond donors (Lipinski definition) is 3. The van der Waals surface area contributed by atoms with Crippen LogP contribution in [-0.4, -0.2) is 39.9 Å². The van der Waals surface area contributed by atoms with Crippen molar-refractivity contribution in [2.45, 2.75) is 17.6 Å². The van der Waals surface area contributed by atoms with Gasteiger partial charge in [0.1, 0.15) is 0 Å². The molecular formula is C10H15KO7S. The quantitative estimate of drug-likeness (QED) is 0.260. The van der Waals surface area contributed by atoms with E-state index >= 15 is 0 Å². The van der Waals surface area contributed by atoms with E-state index in [4.69, 9.17) is 14.8 Å². The molecule has 0 spiro atoms. The van der Waals surface area contributed by atoms with Crippen molar-refractivity contribution in [3.8, 4) is 0 Å². The first kappa shape index (κ1) is 21.3. The molecule has 0 aromatic carbocycles. The normalized spacial score (nSPS) is 15.4. The maximum Gasteiger partial charge on any atom is 1.00 e. The first-order valence-electron chi connectivity index (χ1n) is 4.80. The molecule has 0 aliphatic rings. The van der Waals surface area contributed by atoms with Crippen LogP contribution in [0.5, 0.6) is 0 Å². The van der Waals surface area contributed by atoms with Gasteiger partial charge >= 0.3 is 63.3 Å². The van der Waals surface area contributed by atoms with Gasteiger partial charge in [-0.3, -0.25) is 14.1 Å². The van der Waals surface area contributed by atoms with Crippen LogP contribution in [0.4, 0.5) is 0 Å². The molecule has 7 nitrogen and oxygen atoms in total. The molecule has 104 valence electrons. The van der Waals surface area contributed by atoms with Crippen molar-refractivity contribution in [2.75, 3.05) is 0 Å². The number of allylic oxidation sites excluding steroid dienone is 2. The van der Waals surface area contributed by atoms with E-state index in [-0.39, 0.29) is 52.8 Å². The molecule has 0 heterocycles. The minimum absolute atomic E-state index is 0. The third-order valence-electron chi connectivity index (χ3n) is 2.53. The van der Waals surface area contributed by atoms with Gasteiger partial charge in [0.05, 0.1) is 5.92 Å². The molecule has 0 aromatic rings. The molecule has 0 aliphatic heterocycles. The summed E-state index contributed by atoms with van der Waals surface area (Å²) >= 11 is 0. The van der Waals surface area contributed by atoms with E-state index in [0.29, 0.717) is 0 Å². The summed E-state index contributed by atoms with van der Waals surface area (Å²) in [6.07, 6.45) is 0.854. The molecule has 9 heteroatoms. The summed E-state index contributed by atoms with van der Waals surface area (Å²) in [5.41, 5.74) is 0. The maximum atomic E-state index is 11.3. The van der Waals surface area contributed by atoms with Crippen molar-refractivity contribution in [3.63, 3.8) is 0 Å². The van der Waals surface area contributed by atoms with Crippen LogP contribution in [0.15, 0.2) is 25.3 Å². The minimum Gasteiger partial charge on any atom is -1.00 e. The van der Waals surface area contributed by atoms with Gasteiger partial charge in [-0.05, 0) is 12.8 Å². The Morgan fingerprint density at radius 1 is 1.26 bits per heavy atom. The van der Waals surface area contributed by atoms with E-state index in [2.05, 4.69) is 13.2 Å². The number of aliphatic carboxylic acids is 2. The molecule has 3 N–H and O–H groups in total. The fraction of sp³-hybridized carbons (Fsp3) is 0.400. The first-order valence-corrected chi connectivity index (χ1v) is 6.24. The van der Waals surface area contributed by atoms with Gasteiger partial charge in [-0.15, -0.1) is 13.2 Å². The topological polar surface area (TPSA) is 129 Å². The molecule has 0 amide bonds. The number of rotatable bonds is 8. The predicted octanol–water partition coefficient (Wildman–Crippen LogP) is -2.33. The van der Waals surface area contributed by atoms with Crippen LogP contribution < -0.4 is 51.4 Å². The van der Waals surface area contributed by atoms with Crippen molar-refractivity contribution in [2.24, 2.45) is 5.92 Å². The van der Waals surface area contributed by atoms with Crippen LogP contribution in [0.2, 0.25) is 0 Å². The molecule has 0 saturated heterocycles. The Morgan fingerprint density at radius 3 is 1.95 bits per heavy atom. The molecule has 0 fully saturated rings. The monoisotopic (exact) mass is 318 g/mol. The number of hydrogen-bond acceptors (Lipinski definition) is 4. The molecule has 0 radical (unpaired) electrons.